The van der Waals surface area contributed by atoms with Crippen molar-refractivity contribution in [2.24, 2.45) is 0 Å². The van der Waals surface area contributed by atoms with Gasteiger partial charge in [-0.3, -0.25) is 19.2 Å². The summed E-state index contributed by atoms with van der Waals surface area (Å²) in [6, 6.07) is 0. The molecule has 1 aliphatic rings. The molecule has 0 aromatic heterocycles. The van der Waals surface area contributed by atoms with Gasteiger partial charge in [-0.05, 0) is 19.4 Å². The predicted octanol–water partition coefficient (Wildman–Crippen LogP) is 1.02. The van der Waals surface area contributed by atoms with Crippen LogP contribution < -0.4 is 0 Å². The number of carbonyl (C=O) groups is 4. The molecule has 0 unspecified atom stereocenters. The molecule has 2 rings (SSSR count). The number of phenols is 2. The van der Waals surface area contributed by atoms with Crippen molar-refractivity contribution in [2.75, 3.05) is 7.11 Å². The first-order valence-corrected chi connectivity index (χ1v) is 6.65. The van der Waals surface area contributed by atoms with Crippen LogP contribution in [-0.2, 0) is 20.7 Å². The normalized spacial score (nSPS) is 13.9. The Morgan fingerprint density at radius 1 is 1.13 bits per heavy atom. The fraction of sp³-hybridized carbons (Fsp3) is 0.250. The monoisotopic (exact) mass is 318 g/mol. The number of aromatic hydroxyl groups is 2. The quantitative estimate of drug-likeness (QED) is 0.483. The van der Waals surface area contributed by atoms with Crippen LogP contribution >= 0.6 is 0 Å². The standard InChI is InChI=1S/C16H14O7/c1-6(18)4-8-7(2)12(19)10-11(13(8)20)15(22)16(23-3)9(5-17)14(10)21/h5,19-20H,4H2,1-3H3. The number of ketones is 3. The maximum Gasteiger partial charge on any atom is 0.233 e. The van der Waals surface area contributed by atoms with Gasteiger partial charge in [0.05, 0.1) is 18.2 Å². The molecular weight excluding hydrogens is 304 g/mol. The summed E-state index contributed by atoms with van der Waals surface area (Å²) in [4.78, 5) is 47.2. The van der Waals surface area contributed by atoms with Crippen LogP contribution in [-0.4, -0.2) is 41.0 Å². The van der Waals surface area contributed by atoms with Gasteiger partial charge in [0.25, 0.3) is 0 Å². The van der Waals surface area contributed by atoms with E-state index < -0.39 is 45.5 Å². The van der Waals surface area contributed by atoms with E-state index in [0.717, 1.165) is 7.11 Å². The Morgan fingerprint density at radius 2 is 1.70 bits per heavy atom. The molecule has 0 saturated carbocycles. The van der Waals surface area contributed by atoms with Crippen molar-refractivity contribution in [1.29, 1.82) is 0 Å². The number of hydrogen-bond donors (Lipinski definition) is 2. The van der Waals surface area contributed by atoms with Crippen LogP contribution in [0.5, 0.6) is 11.5 Å². The molecule has 1 aromatic carbocycles. The van der Waals surface area contributed by atoms with Gasteiger partial charge in [-0.15, -0.1) is 0 Å². The van der Waals surface area contributed by atoms with Crippen LogP contribution in [0.2, 0.25) is 0 Å². The van der Waals surface area contributed by atoms with Gasteiger partial charge in [0.15, 0.2) is 12.0 Å². The summed E-state index contributed by atoms with van der Waals surface area (Å²) in [5.41, 5.74) is -1.29. The molecule has 7 nitrogen and oxygen atoms in total. The third-order valence-corrected chi connectivity index (χ3v) is 3.71. The molecule has 7 heteroatoms. The minimum Gasteiger partial charge on any atom is -0.507 e. The molecule has 1 aliphatic carbocycles. The van der Waals surface area contributed by atoms with E-state index >= 15 is 0 Å². The number of ether oxygens (including phenoxy) is 1. The number of hydrogen-bond acceptors (Lipinski definition) is 7. The highest BCUT2D eigenvalue weighted by Gasteiger charge is 2.39. The molecule has 23 heavy (non-hydrogen) atoms. The predicted molar refractivity (Wildman–Crippen MR) is 77.7 cm³/mol. The van der Waals surface area contributed by atoms with Crippen LogP contribution in [0.1, 0.15) is 38.8 Å². The summed E-state index contributed by atoms with van der Waals surface area (Å²) in [7, 11) is 1.11. The Kier molecular flexibility index (Phi) is 4.05. The van der Waals surface area contributed by atoms with Crippen molar-refractivity contribution in [3.05, 3.63) is 33.6 Å². The van der Waals surface area contributed by atoms with Gasteiger partial charge in [0.2, 0.25) is 11.6 Å². The summed E-state index contributed by atoms with van der Waals surface area (Å²) in [6.07, 6.45) is -0.0517. The van der Waals surface area contributed by atoms with E-state index in [4.69, 9.17) is 4.74 Å². The topological polar surface area (TPSA) is 118 Å². The van der Waals surface area contributed by atoms with E-state index in [9.17, 15) is 29.4 Å². The molecule has 0 saturated heterocycles. The Hall–Kier alpha value is -2.96. The van der Waals surface area contributed by atoms with Gasteiger partial charge in [-0.25, -0.2) is 0 Å². The van der Waals surface area contributed by atoms with Crippen molar-refractivity contribution in [3.8, 4) is 11.5 Å². The zero-order valence-electron chi connectivity index (χ0n) is 12.7. The van der Waals surface area contributed by atoms with Crippen LogP contribution in [0.15, 0.2) is 11.3 Å². The minimum absolute atomic E-state index is 0.0555. The first-order valence-electron chi connectivity index (χ1n) is 6.65. The van der Waals surface area contributed by atoms with Crippen molar-refractivity contribution in [1.82, 2.24) is 0 Å². The summed E-state index contributed by atoms with van der Waals surface area (Å²) >= 11 is 0. The van der Waals surface area contributed by atoms with E-state index in [0.29, 0.717) is 0 Å². The number of benzene rings is 1. The number of rotatable bonds is 4. The number of carbonyl (C=O) groups excluding carboxylic acids is 4. The van der Waals surface area contributed by atoms with E-state index in [1.807, 2.05) is 0 Å². The second-order valence-corrected chi connectivity index (χ2v) is 5.15. The Balaban J connectivity index is 2.88. The van der Waals surface area contributed by atoms with Gasteiger partial charge in [-0.2, -0.15) is 0 Å². The summed E-state index contributed by atoms with van der Waals surface area (Å²) in [5.74, 6) is -3.73. The highest BCUT2D eigenvalue weighted by Crippen LogP contribution is 2.42. The minimum atomic E-state index is -0.920. The number of aldehydes is 1. The summed E-state index contributed by atoms with van der Waals surface area (Å²) in [5, 5.41) is 20.6. The zero-order valence-corrected chi connectivity index (χ0v) is 12.7. The van der Waals surface area contributed by atoms with Crippen molar-refractivity contribution < 1.29 is 34.1 Å². The van der Waals surface area contributed by atoms with Crippen LogP contribution in [0.25, 0.3) is 0 Å². The largest absolute Gasteiger partial charge is 0.507 e. The van der Waals surface area contributed by atoms with Gasteiger partial charge < -0.3 is 14.9 Å². The third kappa shape index (κ3) is 2.30. The lowest BCUT2D eigenvalue weighted by Gasteiger charge is -2.22. The van der Waals surface area contributed by atoms with Crippen molar-refractivity contribution in [2.45, 2.75) is 20.3 Å². The van der Waals surface area contributed by atoms with Gasteiger partial charge in [0.1, 0.15) is 22.9 Å². The lowest BCUT2D eigenvalue weighted by molar-refractivity contribution is -0.116. The second-order valence-electron chi connectivity index (χ2n) is 5.15. The summed E-state index contributed by atoms with van der Waals surface area (Å²) in [6.45, 7) is 2.69. The molecule has 1 aromatic rings. The Morgan fingerprint density at radius 3 is 2.17 bits per heavy atom. The van der Waals surface area contributed by atoms with Gasteiger partial charge in [-0.1, -0.05) is 0 Å². The molecular formula is C16H14O7. The third-order valence-electron chi connectivity index (χ3n) is 3.71. The average Bonchev–Trinajstić information content (AvgIpc) is 2.50. The Bertz CT molecular complexity index is 799. The molecule has 0 amide bonds. The molecule has 0 bridgehead atoms. The molecule has 0 spiro atoms. The highest BCUT2D eigenvalue weighted by molar-refractivity contribution is 6.34. The fourth-order valence-corrected chi connectivity index (χ4v) is 2.59. The van der Waals surface area contributed by atoms with Crippen LogP contribution in [0.4, 0.5) is 0 Å². The Labute approximate surface area is 131 Å². The number of fused-ring (bicyclic) bond motifs is 1. The molecule has 120 valence electrons. The maximum absolute atomic E-state index is 12.4. The maximum atomic E-state index is 12.4. The van der Waals surface area contributed by atoms with E-state index in [2.05, 4.69) is 0 Å². The molecule has 2 N–H and O–H groups in total. The zero-order chi connectivity index (χ0) is 17.5. The average molecular weight is 318 g/mol. The lowest BCUT2D eigenvalue weighted by atomic mass is 9.83. The number of methoxy groups -OCH3 is 1. The van der Waals surface area contributed by atoms with Crippen LogP contribution in [0.3, 0.4) is 0 Å². The number of phenolic OH excluding ortho intramolecular Hbond substituents is 2. The summed E-state index contributed by atoms with van der Waals surface area (Å²) < 4.78 is 4.80. The SMILES string of the molecule is COC1=C(C=O)C(=O)c2c(O)c(C)c(CC(C)=O)c(O)c2C1=O. The first kappa shape index (κ1) is 16.4. The van der Waals surface area contributed by atoms with Crippen molar-refractivity contribution >= 4 is 23.6 Å². The second kappa shape index (κ2) is 5.68. The van der Waals surface area contributed by atoms with Gasteiger partial charge in [0, 0.05) is 12.0 Å². The first-order chi connectivity index (χ1) is 10.8. The van der Waals surface area contributed by atoms with E-state index in [1.165, 1.54) is 13.8 Å². The molecule has 0 fully saturated rings. The lowest BCUT2D eigenvalue weighted by Crippen LogP contribution is -2.25. The smallest absolute Gasteiger partial charge is 0.233 e. The molecule has 0 radical (unpaired) electrons. The number of Topliss-reactive ketones (excluding diaryl/α,β-unsaturated/α-hetero) is 3. The van der Waals surface area contributed by atoms with Crippen LogP contribution in [0, 0.1) is 6.92 Å². The highest BCUT2D eigenvalue weighted by atomic mass is 16.5. The fourth-order valence-electron chi connectivity index (χ4n) is 2.59. The van der Waals surface area contributed by atoms with E-state index in [-0.39, 0.29) is 29.6 Å². The van der Waals surface area contributed by atoms with Crippen molar-refractivity contribution in [3.63, 3.8) is 0 Å². The molecule has 0 aliphatic heterocycles. The van der Waals surface area contributed by atoms with E-state index in [1.54, 1.807) is 0 Å². The molecule has 0 heterocycles. The number of allylic oxidation sites excluding steroid dienone is 2. The molecule has 0 atom stereocenters. The van der Waals surface area contributed by atoms with Gasteiger partial charge >= 0.3 is 0 Å².